The van der Waals surface area contributed by atoms with E-state index in [-0.39, 0.29) is 22.9 Å². The lowest BCUT2D eigenvalue weighted by Gasteiger charge is -2.42. The number of aliphatic hydroxyl groups is 1. The fraction of sp³-hybridized carbons (Fsp3) is 0.321. The minimum Gasteiger partial charge on any atom is -0.497 e. The second-order valence-electron chi connectivity index (χ2n) is 17.0. The molecule has 8 rings (SSSR count). The second-order valence-corrected chi connectivity index (χ2v) is 17.0. The maximum atomic E-state index is 12.9. The van der Waals surface area contributed by atoms with Crippen LogP contribution in [-0.4, -0.2) is 112 Å². The summed E-state index contributed by atoms with van der Waals surface area (Å²) in [5, 5.41) is 15.0. The van der Waals surface area contributed by atoms with Gasteiger partial charge in [-0.25, -0.2) is 34.3 Å². The number of anilines is 2. The number of carbonyl (C=O) groups excluding carboxylic acids is 4. The fourth-order valence-corrected chi connectivity index (χ4v) is 8.80. The first-order chi connectivity index (χ1) is 33.6. The van der Waals surface area contributed by atoms with E-state index in [2.05, 4.69) is 54.8 Å². The van der Waals surface area contributed by atoms with Gasteiger partial charge in [-0.05, 0) is 92.3 Å². The summed E-state index contributed by atoms with van der Waals surface area (Å²) in [6.45, 7) is 3.91. The number of piperidine rings is 2. The van der Waals surface area contributed by atoms with Gasteiger partial charge in [0.1, 0.15) is 29.8 Å². The molecule has 6 aromatic rings. The van der Waals surface area contributed by atoms with E-state index in [1.807, 2.05) is 94.7 Å². The first-order valence-corrected chi connectivity index (χ1v) is 23.0. The molecule has 0 atom stereocenters. The number of methoxy groups -OCH3 is 2. The van der Waals surface area contributed by atoms with Crippen LogP contribution >= 0.6 is 0 Å². The minimum atomic E-state index is -0.564. The van der Waals surface area contributed by atoms with Gasteiger partial charge in [0, 0.05) is 86.0 Å². The Bertz CT molecular complexity index is 2600. The predicted octanol–water partition coefficient (Wildman–Crippen LogP) is 7.94. The average molecular weight is 935 g/mol. The number of likely N-dealkylation sites (tertiary alicyclic amines) is 2. The third-order valence-corrected chi connectivity index (χ3v) is 12.9. The van der Waals surface area contributed by atoms with Crippen LogP contribution in [0.4, 0.5) is 21.0 Å². The molecule has 0 radical (unpaired) electrons. The van der Waals surface area contributed by atoms with E-state index in [0.29, 0.717) is 68.4 Å². The predicted molar refractivity (Wildman–Crippen MR) is 261 cm³/mol. The Hall–Kier alpha value is -7.72. The van der Waals surface area contributed by atoms with Gasteiger partial charge in [0.25, 0.3) is 0 Å². The average Bonchev–Trinajstić information content (AvgIpc) is 3.40. The van der Waals surface area contributed by atoms with Gasteiger partial charge >= 0.3 is 18.0 Å². The highest BCUT2D eigenvalue weighted by Gasteiger charge is 2.40. The molecule has 2 aromatic heterocycles. The van der Waals surface area contributed by atoms with Gasteiger partial charge in [-0.3, -0.25) is 4.79 Å². The maximum absolute atomic E-state index is 12.9. The summed E-state index contributed by atoms with van der Waals surface area (Å²) in [4.78, 5) is 70.7. The zero-order valence-electron chi connectivity index (χ0n) is 39.2. The number of nitrogens with one attached hydrogen (secondary N) is 2. The molecule has 4 amide bonds. The van der Waals surface area contributed by atoms with Crippen molar-refractivity contribution < 1.29 is 38.5 Å². The van der Waals surface area contributed by atoms with E-state index in [1.54, 1.807) is 21.1 Å². The zero-order chi connectivity index (χ0) is 48.6. The molecule has 2 aliphatic rings. The van der Waals surface area contributed by atoms with Crippen LogP contribution in [-0.2, 0) is 28.4 Å². The van der Waals surface area contributed by atoms with Crippen molar-refractivity contribution in [1.82, 2.24) is 29.7 Å². The Balaban J connectivity index is 0.000000204. The van der Waals surface area contributed by atoms with Crippen molar-refractivity contribution in [2.24, 2.45) is 0 Å². The number of nitrogens with zero attached hydrogens (tertiary/aromatic N) is 6. The molecule has 3 N–H and O–H groups in total. The number of esters is 1. The lowest BCUT2D eigenvalue weighted by molar-refractivity contribution is 0.0525. The lowest BCUT2D eigenvalue weighted by atomic mass is 9.70. The minimum absolute atomic E-state index is 0.119. The van der Waals surface area contributed by atoms with Crippen molar-refractivity contribution in [3.8, 4) is 11.5 Å². The number of amides is 4. The van der Waals surface area contributed by atoms with Crippen LogP contribution in [0.2, 0.25) is 0 Å². The molecule has 69 heavy (non-hydrogen) atoms. The molecule has 16 nitrogen and oxygen atoms in total. The van der Waals surface area contributed by atoms with Gasteiger partial charge in [-0.2, -0.15) is 0 Å². The molecular formula is C53H58N8O8. The molecule has 2 fully saturated rings. The molecular weight excluding hydrogens is 877 g/mol. The molecule has 4 aromatic carbocycles. The summed E-state index contributed by atoms with van der Waals surface area (Å²) < 4.78 is 15.4. The SMILES string of the molecule is CCOC(=O)c1cnc(CC2(c3ccccc3)CCN(C(=O)Nc3ccc(OC)cc3)CC2)nc1.COc1ccc(NC(=O)N2CCC(Cc3ncc(C(=O)CO)cn3)(c3ccccc3)CC2)cc1. The van der Waals surface area contributed by atoms with Gasteiger partial charge in [0.2, 0.25) is 0 Å². The summed E-state index contributed by atoms with van der Waals surface area (Å²) in [6.07, 6.45) is 10.3. The van der Waals surface area contributed by atoms with Crippen LogP contribution in [0.25, 0.3) is 0 Å². The zero-order valence-corrected chi connectivity index (χ0v) is 39.2. The van der Waals surface area contributed by atoms with Gasteiger partial charge < -0.3 is 39.8 Å². The van der Waals surface area contributed by atoms with Gasteiger partial charge in [-0.1, -0.05) is 60.7 Å². The monoisotopic (exact) mass is 934 g/mol. The van der Waals surface area contributed by atoms with Crippen LogP contribution in [0, 0.1) is 0 Å². The van der Waals surface area contributed by atoms with Crippen LogP contribution in [0.15, 0.2) is 134 Å². The first kappa shape index (κ1) is 49.2. The van der Waals surface area contributed by atoms with Gasteiger partial charge in [-0.15, -0.1) is 0 Å². The molecule has 0 spiro atoms. The maximum Gasteiger partial charge on any atom is 0.341 e. The second kappa shape index (κ2) is 23.3. The summed E-state index contributed by atoms with van der Waals surface area (Å²) >= 11 is 0. The van der Waals surface area contributed by atoms with Crippen molar-refractivity contribution in [3.05, 3.63) is 168 Å². The van der Waals surface area contributed by atoms with Crippen molar-refractivity contribution in [2.75, 3.05) is 64.2 Å². The van der Waals surface area contributed by atoms with E-state index in [9.17, 15) is 19.2 Å². The summed E-state index contributed by atoms with van der Waals surface area (Å²) in [7, 11) is 3.22. The molecule has 0 unspecified atom stereocenters. The standard InChI is InChI=1S/C27H30N4O4.C26H28N4O4/c1-3-35-25(32)20-18-28-24(29-19-20)17-27(21-7-5-4-6-8-21)13-15-31(16-14-27)26(33)30-22-9-11-23(34-2)12-10-22;1-34-22-9-7-21(8-10-22)29-25(33)30-13-11-26(12-14-30,20-5-3-2-4-6-20)15-24-27-16-19(17-28-24)23(32)18-31/h4-12,18-19H,3,13-17H2,1-2H3,(H,30,33);2-10,16-17,31H,11-15,18H2,1H3,(H,29,33). The van der Waals surface area contributed by atoms with E-state index >= 15 is 0 Å². The Morgan fingerprint density at radius 1 is 0.565 bits per heavy atom. The Kier molecular flexibility index (Phi) is 16.6. The van der Waals surface area contributed by atoms with E-state index < -0.39 is 18.4 Å². The Morgan fingerprint density at radius 2 is 0.942 bits per heavy atom. The number of carbonyl (C=O) groups is 4. The van der Waals surface area contributed by atoms with E-state index in [1.165, 1.54) is 35.9 Å². The third-order valence-electron chi connectivity index (χ3n) is 12.9. The number of ether oxygens (including phenoxy) is 3. The highest BCUT2D eigenvalue weighted by Crippen LogP contribution is 2.40. The van der Waals surface area contributed by atoms with Crippen LogP contribution in [0.3, 0.4) is 0 Å². The van der Waals surface area contributed by atoms with Crippen molar-refractivity contribution >= 4 is 35.2 Å². The molecule has 0 saturated carbocycles. The van der Waals surface area contributed by atoms with Gasteiger partial charge in [0.05, 0.1) is 32.0 Å². The third kappa shape index (κ3) is 12.6. The Labute approximate surface area is 402 Å². The quantitative estimate of drug-likeness (QED) is 0.0705. The molecule has 16 heteroatoms. The first-order valence-electron chi connectivity index (χ1n) is 23.0. The number of rotatable bonds is 14. The number of aromatic nitrogens is 4. The van der Waals surface area contributed by atoms with Crippen LogP contribution in [0.1, 0.15) is 76.1 Å². The number of aliphatic hydroxyl groups excluding tert-OH is 1. The van der Waals surface area contributed by atoms with Crippen molar-refractivity contribution in [2.45, 2.75) is 56.3 Å². The summed E-state index contributed by atoms with van der Waals surface area (Å²) in [5.41, 5.74) is 4.05. The molecule has 2 aliphatic heterocycles. The number of Topliss-reactive ketones (excluding diaryl/α,β-unsaturated/α-hetero) is 1. The number of ketones is 1. The highest BCUT2D eigenvalue weighted by atomic mass is 16.5. The van der Waals surface area contributed by atoms with Gasteiger partial charge in [0.15, 0.2) is 5.78 Å². The highest BCUT2D eigenvalue weighted by molar-refractivity contribution is 5.96. The topological polar surface area (TPSA) is 198 Å². The fourth-order valence-electron chi connectivity index (χ4n) is 8.80. The van der Waals surface area contributed by atoms with E-state index in [4.69, 9.17) is 19.3 Å². The molecule has 0 bridgehead atoms. The molecule has 2 saturated heterocycles. The van der Waals surface area contributed by atoms with Crippen LogP contribution in [0.5, 0.6) is 11.5 Å². The van der Waals surface area contributed by atoms with Crippen molar-refractivity contribution in [3.63, 3.8) is 0 Å². The molecule has 0 aliphatic carbocycles. The van der Waals surface area contributed by atoms with E-state index in [0.717, 1.165) is 48.6 Å². The van der Waals surface area contributed by atoms with Crippen LogP contribution < -0.4 is 20.1 Å². The van der Waals surface area contributed by atoms with Crippen molar-refractivity contribution in [1.29, 1.82) is 0 Å². The molecule has 358 valence electrons. The smallest absolute Gasteiger partial charge is 0.341 e. The number of benzene rings is 4. The Morgan fingerprint density at radius 3 is 1.29 bits per heavy atom. The summed E-state index contributed by atoms with van der Waals surface area (Å²) in [6, 6.07) is 34.8. The number of urea groups is 2. The number of hydrogen-bond acceptors (Lipinski definition) is 12. The number of hydrogen-bond donors (Lipinski definition) is 3. The normalized spacial score (nSPS) is 14.8. The summed E-state index contributed by atoms with van der Waals surface area (Å²) in [5.74, 6) is 1.95. The molecule has 4 heterocycles. The largest absolute Gasteiger partial charge is 0.497 e. The lowest BCUT2D eigenvalue weighted by Crippen LogP contribution is -2.47.